The molecule has 2 heterocycles. The molecular formula is C24H27FN2O4. The molecule has 4 rings (SSSR count). The Bertz CT molecular complexity index is 912. The maximum Gasteiger partial charge on any atom is 0.256 e. The SMILES string of the molecule is O=C(c1ccc(OC[C@H]2CCCN(C(=O)c3ccccc3F)C2)cc1)N1CCOCC1. The molecule has 0 aliphatic carbocycles. The van der Waals surface area contributed by atoms with Gasteiger partial charge in [0.15, 0.2) is 0 Å². The van der Waals surface area contributed by atoms with Gasteiger partial charge < -0.3 is 19.3 Å². The van der Waals surface area contributed by atoms with Gasteiger partial charge in [0.1, 0.15) is 11.6 Å². The third-order valence-corrected chi connectivity index (χ3v) is 5.80. The highest BCUT2D eigenvalue weighted by atomic mass is 19.1. The first-order valence-corrected chi connectivity index (χ1v) is 10.8. The number of rotatable bonds is 5. The molecule has 6 nitrogen and oxygen atoms in total. The molecule has 0 saturated carbocycles. The number of nitrogens with zero attached hydrogens (tertiary/aromatic N) is 2. The van der Waals surface area contributed by atoms with Crippen LogP contribution in [0.1, 0.15) is 33.6 Å². The smallest absolute Gasteiger partial charge is 0.256 e. The number of benzene rings is 2. The molecule has 0 N–H and O–H groups in total. The highest BCUT2D eigenvalue weighted by molar-refractivity contribution is 5.95. The van der Waals surface area contributed by atoms with Gasteiger partial charge in [0.25, 0.3) is 11.8 Å². The molecule has 0 spiro atoms. The standard InChI is InChI=1S/C24H27FN2O4/c25-22-6-2-1-5-21(22)24(29)27-11-3-4-18(16-27)17-31-20-9-7-19(8-10-20)23(28)26-12-14-30-15-13-26/h1-2,5-10,18H,3-4,11-17H2/t18-/m0/s1. The maximum atomic E-state index is 14.0. The number of piperidine rings is 1. The molecule has 164 valence electrons. The number of morpholine rings is 1. The second-order valence-corrected chi connectivity index (χ2v) is 7.98. The van der Waals surface area contributed by atoms with E-state index >= 15 is 0 Å². The summed E-state index contributed by atoms with van der Waals surface area (Å²) in [7, 11) is 0. The molecule has 0 bridgehead atoms. The minimum Gasteiger partial charge on any atom is -0.493 e. The Balaban J connectivity index is 1.30. The third kappa shape index (κ3) is 5.22. The van der Waals surface area contributed by atoms with E-state index in [0.717, 1.165) is 12.8 Å². The summed E-state index contributed by atoms with van der Waals surface area (Å²) in [5.41, 5.74) is 0.748. The molecule has 2 amide bonds. The van der Waals surface area contributed by atoms with Crippen molar-refractivity contribution in [3.8, 4) is 5.75 Å². The van der Waals surface area contributed by atoms with E-state index in [0.29, 0.717) is 57.3 Å². The fourth-order valence-electron chi connectivity index (χ4n) is 4.05. The Hall–Kier alpha value is -2.93. The van der Waals surface area contributed by atoms with E-state index in [9.17, 15) is 14.0 Å². The van der Waals surface area contributed by atoms with Crippen molar-refractivity contribution in [1.29, 1.82) is 0 Å². The second-order valence-electron chi connectivity index (χ2n) is 7.98. The summed E-state index contributed by atoms with van der Waals surface area (Å²) >= 11 is 0. The maximum absolute atomic E-state index is 14.0. The molecule has 7 heteroatoms. The Morgan fingerprint density at radius 3 is 2.45 bits per heavy atom. The topological polar surface area (TPSA) is 59.1 Å². The number of likely N-dealkylation sites (tertiary alicyclic amines) is 1. The van der Waals surface area contributed by atoms with E-state index in [4.69, 9.17) is 9.47 Å². The van der Waals surface area contributed by atoms with Gasteiger partial charge in [-0.3, -0.25) is 9.59 Å². The van der Waals surface area contributed by atoms with Gasteiger partial charge in [-0.25, -0.2) is 4.39 Å². The van der Waals surface area contributed by atoms with Crippen LogP contribution >= 0.6 is 0 Å². The first-order valence-electron chi connectivity index (χ1n) is 10.8. The number of hydrogen-bond donors (Lipinski definition) is 0. The summed E-state index contributed by atoms with van der Waals surface area (Å²) in [4.78, 5) is 28.7. The molecule has 2 saturated heterocycles. The number of ether oxygens (including phenoxy) is 2. The van der Waals surface area contributed by atoms with Gasteiger partial charge >= 0.3 is 0 Å². The summed E-state index contributed by atoms with van der Waals surface area (Å²) in [6.45, 7) is 4.01. The average Bonchev–Trinajstić information content (AvgIpc) is 2.83. The number of hydrogen-bond acceptors (Lipinski definition) is 4. The summed E-state index contributed by atoms with van der Waals surface area (Å²) in [5, 5.41) is 0. The second kappa shape index (κ2) is 9.92. The van der Waals surface area contributed by atoms with Gasteiger partial charge in [0, 0.05) is 37.7 Å². The fourth-order valence-corrected chi connectivity index (χ4v) is 4.05. The van der Waals surface area contributed by atoms with Crippen LogP contribution in [0.2, 0.25) is 0 Å². The predicted octanol–water partition coefficient (Wildman–Crippen LogP) is 3.23. The number of halogens is 1. The molecule has 0 radical (unpaired) electrons. The van der Waals surface area contributed by atoms with Gasteiger partial charge in [0.05, 0.1) is 25.4 Å². The van der Waals surface area contributed by atoms with Gasteiger partial charge in [-0.05, 0) is 49.2 Å². The van der Waals surface area contributed by atoms with Crippen LogP contribution in [0.25, 0.3) is 0 Å². The zero-order valence-electron chi connectivity index (χ0n) is 17.5. The largest absolute Gasteiger partial charge is 0.493 e. The minimum atomic E-state index is -0.488. The Morgan fingerprint density at radius 2 is 1.71 bits per heavy atom. The molecule has 2 aliphatic rings. The van der Waals surface area contributed by atoms with E-state index in [-0.39, 0.29) is 23.3 Å². The summed E-state index contributed by atoms with van der Waals surface area (Å²) in [6, 6.07) is 13.3. The van der Waals surface area contributed by atoms with Gasteiger partial charge in [0.2, 0.25) is 0 Å². The lowest BCUT2D eigenvalue weighted by Gasteiger charge is -2.32. The third-order valence-electron chi connectivity index (χ3n) is 5.80. The summed E-state index contributed by atoms with van der Waals surface area (Å²) in [5.74, 6) is 0.117. The zero-order valence-corrected chi connectivity index (χ0v) is 17.5. The molecule has 2 aliphatic heterocycles. The minimum absolute atomic E-state index is 0.00410. The number of carbonyl (C=O) groups is 2. The fraction of sp³-hybridized carbons (Fsp3) is 0.417. The molecular weight excluding hydrogens is 399 g/mol. The molecule has 31 heavy (non-hydrogen) atoms. The lowest BCUT2D eigenvalue weighted by Crippen LogP contribution is -2.41. The number of amides is 2. The first-order chi connectivity index (χ1) is 15.1. The van der Waals surface area contributed by atoms with Crippen molar-refractivity contribution in [2.45, 2.75) is 12.8 Å². The van der Waals surface area contributed by atoms with Crippen molar-refractivity contribution < 1.29 is 23.5 Å². The van der Waals surface area contributed by atoms with E-state index < -0.39 is 5.82 Å². The van der Waals surface area contributed by atoms with Crippen molar-refractivity contribution in [1.82, 2.24) is 9.80 Å². The van der Waals surface area contributed by atoms with Crippen molar-refractivity contribution in [2.75, 3.05) is 46.0 Å². The highest BCUT2D eigenvalue weighted by Crippen LogP contribution is 2.22. The van der Waals surface area contributed by atoms with Crippen LogP contribution in [0.3, 0.4) is 0 Å². The van der Waals surface area contributed by atoms with E-state index in [2.05, 4.69) is 0 Å². The molecule has 2 aromatic rings. The molecule has 1 atom stereocenters. The quantitative estimate of drug-likeness (QED) is 0.737. The normalized spacial score (nSPS) is 19.2. The van der Waals surface area contributed by atoms with Crippen LogP contribution in [0.5, 0.6) is 5.75 Å². The Labute approximate surface area is 181 Å². The van der Waals surface area contributed by atoms with Crippen LogP contribution in [0.4, 0.5) is 4.39 Å². The van der Waals surface area contributed by atoms with Crippen LogP contribution in [-0.4, -0.2) is 67.6 Å². The van der Waals surface area contributed by atoms with Crippen molar-refractivity contribution in [3.63, 3.8) is 0 Å². The van der Waals surface area contributed by atoms with Crippen LogP contribution in [0, 0.1) is 11.7 Å². The lowest BCUT2D eigenvalue weighted by atomic mass is 9.98. The van der Waals surface area contributed by atoms with Gasteiger partial charge in [-0.2, -0.15) is 0 Å². The zero-order chi connectivity index (χ0) is 21.6. The summed E-state index contributed by atoms with van der Waals surface area (Å²) < 4.78 is 25.2. The highest BCUT2D eigenvalue weighted by Gasteiger charge is 2.26. The number of carbonyl (C=O) groups excluding carboxylic acids is 2. The van der Waals surface area contributed by atoms with Crippen LogP contribution < -0.4 is 4.74 Å². The van der Waals surface area contributed by atoms with E-state index in [1.54, 1.807) is 46.2 Å². The van der Waals surface area contributed by atoms with E-state index in [1.165, 1.54) is 12.1 Å². The molecule has 2 aromatic carbocycles. The summed E-state index contributed by atoms with van der Waals surface area (Å²) in [6.07, 6.45) is 1.82. The van der Waals surface area contributed by atoms with Crippen molar-refractivity contribution >= 4 is 11.8 Å². The Kier molecular flexibility index (Phi) is 6.82. The molecule has 2 fully saturated rings. The van der Waals surface area contributed by atoms with Gasteiger partial charge in [-0.15, -0.1) is 0 Å². The molecule has 0 aromatic heterocycles. The predicted molar refractivity (Wildman–Crippen MR) is 114 cm³/mol. The van der Waals surface area contributed by atoms with Crippen LogP contribution in [0.15, 0.2) is 48.5 Å². The van der Waals surface area contributed by atoms with Crippen molar-refractivity contribution in [3.05, 3.63) is 65.5 Å². The van der Waals surface area contributed by atoms with Crippen LogP contribution in [-0.2, 0) is 4.74 Å². The molecule has 0 unspecified atom stereocenters. The monoisotopic (exact) mass is 426 g/mol. The lowest BCUT2D eigenvalue weighted by molar-refractivity contribution is 0.0303. The van der Waals surface area contributed by atoms with Gasteiger partial charge in [-0.1, -0.05) is 12.1 Å². The average molecular weight is 426 g/mol. The Morgan fingerprint density at radius 1 is 0.968 bits per heavy atom. The first kappa shape index (κ1) is 21.3. The van der Waals surface area contributed by atoms with Crippen molar-refractivity contribution in [2.24, 2.45) is 5.92 Å². The van der Waals surface area contributed by atoms with E-state index in [1.807, 2.05) is 0 Å².